The van der Waals surface area contributed by atoms with Crippen molar-refractivity contribution < 1.29 is 9.90 Å². The predicted octanol–water partition coefficient (Wildman–Crippen LogP) is 3.33. The van der Waals surface area contributed by atoms with Gasteiger partial charge in [0.25, 0.3) is 0 Å². The SMILES string of the molecule is C=Cc1cccc(C(=O)O)c1C(C)(C)C. The highest BCUT2D eigenvalue weighted by Crippen LogP contribution is 2.30. The van der Waals surface area contributed by atoms with Crippen molar-refractivity contribution in [1.82, 2.24) is 0 Å². The zero-order chi connectivity index (χ0) is 11.6. The highest BCUT2D eigenvalue weighted by molar-refractivity contribution is 5.91. The second kappa shape index (κ2) is 3.89. The molecular formula is C13H16O2. The van der Waals surface area contributed by atoms with Crippen molar-refractivity contribution in [3.05, 3.63) is 41.5 Å². The number of benzene rings is 1. The number of hydrogen-bond acceptors (Lipinski definition) is 1. The van der Waals surface area contributed by atoms with Crippen LogP contribution in [0.2, 0.25) is 0 Å². The zero-order valence-electron chi connectivity index (χ0n) is 9.37. The third-order valence-electron chi connectivity index (χ3n) is 2.30. The van der Waals surface area contributed by atoms with Gasteiger partial charge in [0.2, 0.25) is 0 Å². The molecule has 2 heteroatoms. The first-order valence-corrected chi connectivity index (χ1v) is 4.87. The fraction of sp³-hybridized carbons (Fsp3) is 0.308. The highest BCUT2D eigenvalue weighted by atomic mass is 16.4. The largest absolute Gasteiger partial charge is 0.478 e. The van der Waals surface area contributed by atoms with Crippen LogP contribution >= 0.6 is 0 Å². The summed E-state index contributed by atoms with van der Waals surface area (Å²) in [5.74, 6) is -0.886. The topological polar surface area (TPSA) is 37.3 Å². The van der Waals surface area contributed by atoms with Gasteiger partial charge in [-0.3, -0.25) is 0 Å². The molecule has 1 N–H and O–H groups in total. The molecule has 0 radical (unpaired) electrons. The lowest BCUT2D eigenvalue weighted by atomic mass is 9.80. The van der Waals surface area contributed by atoms with E-state index in [0.29, 0.717) is 5.56 Å². The lowest BCUT2D eigenvalue weighted by molar-refractivity contribution is 0.0694. The Morgan fingerprint density at radius 1 is 1.40 bits per heavy atom. The number of carboxylic acid groups (broad SMARTS) is 1. The Balaban J connectivity index is 3.54. The molecule has 0 aliphatic heterocycles. The van der Waals surface area contributed by atoms with E-state index in [1.54, 1.807) is 18.2 Å². The van der Waals surface area contributed by atoms with Gasteiger partial charge in [-0.15, -0.1) is 0 Å². The summed E-state index contributed by atoms with van der Waals surface area (Å²) in [4.78, 5) is 11.1. The Bertz CT molecular complexity index is 397. The molecule has 0 bridgehead atoms. The van der Waals surface area contributed by atoms with Gasteiger partial charge < -0.3 is 5.11 Å². The average Bonchev–Trinajstić information content (AvgIpc) is 2.15. The maximum absolute atomic E-state index is 11.1. The van der Waals surface area contributed by atoms with Gasteiger partial charge in [-0.1, -0.05) is 45.6 Å². The first-order chi connectivity index (χ1) is 6.88. The summed E-state index contributed by atoms with van der Waals surface area (Å²) in [6.45, 7) is 9.72. The van der Waals surface area contributed by atoms with E-state index in [4.69, 9.17) is 5.11 Å². The van der Waals surface area contributed by atoms with Crippen molar-refractivity contribution in [3.8, 4) is 0 Å². The van der Waals surface area contributed by atoms with Crippen LogP contribution in [0.25, 0.3) is 6.08 Å². The molecule has 0 unspecified atom stereocenters. The Morgan fingerprint density at radius 3 is 2.40 bits per heavy atom. The molecule has 1 aromatic rings. The molecule has 0 fully saturated rings. The van der Waals surface area contributed by atoms with Gasteiger partial charge >= 0.3 is 5.97 Å². The molecule has 1 aromatic carbocycles. The van der Waals surface area contributed by atoms with Crippen LogP contribution in [0.4, 0.5) is 0 Å². The molecule has 80 valence electrons. The van der Waals surface area contributed by atoms with Crippen LogP contribution in [0.5, 0.6) is 0 Å². The predicted molar refractivity (Wildman–Crippen MR) is 62.2 cm³/mol. The maximum atomic E-state index is 11.1. The normalized spacial score (nSPS) is 11.1. The van der Waals surface area contributed by atoms with E-state index in [-0.39, 0.29) is 5.41 Å². The van der Waals surface area contributed by atoms with Gasteiger partial charge in [-0.2, -0.15) is 0 Å². The number of rotatable bonds is 2. The molecule has 0 atom stereocenters. The van der Waals surface area contributed by atoms with Crippen LogP contribution in [0, 0.1) is 0 Å². The van der Waals surface area contributed by atoms with Gasteiger partial charge in [0, 0.05) is 0 Å². The molecular weight excluding hydrogens is 188 g/mol. The summed E-state index contributed by atoms with van der Waals surface area (Å²) in [6, 6.07) is 5.27. The third-order valence-corrected chi connectivity index (χ3v) is 2.30. The Hall–Kier alpha value is -1.57. The molecule has 2 nitrogen and oxygen atoms in total. The molecule has 15 heavy (non-hydrogen) atoms. The van der Waals surface area contributed by atoms with Crippen LogP contribution in [-0.2, 0) is 5.41 Å². The minimum atomic E-state index is -0.886. The summed E-state index contributed by atoms with van der Waals surface area (Å²) >= 11 is 0. The van der Waals surface area contributed by atoms with E-state index in [1.165, 1.54) is 0 Å². The second-order valence-corrected chi connectivity index (χ2v) is 4.53. The van der Waals surface area contributed by atoms with Crippen LogP contribution < -0.4 is 0 Å². The first-order valence-electron chi connectivity index (χ1n) is 4.87. The molecule has 0 heterocycles. The van der Waals surface area contributed by atoms with E-state index < -0.39 is 5.97 Å². The number of carbonyl (C=O) groups is 1. The quantitative estimate of drug-likeness (QED) is 0.802. The standard InChI is InChI=1S/C13H16O2/c1-5-9-7-6-8-10(12(14)15)11(9)13(2,3)4/h5-8H,1H2,2-4H3,(H,14,15). The van der Waals surface area contributed by atoms with Gasteiger partial charge in [-0.25, -0.2) is 4.79 Å². The molecule has 0 amide bonds. The second-order valence-electron chi connectivity index (χ2n) is 4.53. The van der Waals surface area contributed by atoms with E-state index in [9.17, 15) is 4.79 Å². The summed E-state index contributed by atoms with van der Waals surface area (Å²) in [7, 11) is 0. The Morgan fingerprint density at radius 2 is 2.00 bits per heavy atom. The van der Waals surface area contributed by atoms with Crippen molar-refractivity contribution in [1.29, 1.82) is 0 Å². The minimum Gasteiger partial charge on any atom is -0.478 e. The summed E-state index contributed by atoms with van der Waals surface area (Å²) in [5, 5.41) is 9.11. The molecule has 1 rings (SSSR count). The van der Waals surface area contributed by atoms with Gasteiger partial charge in [-0.05, 0) is 22.6 Å². The molecule has 0 aromatic heterocycles. The molecule has 0 aliphatic rings. The summed E-state index contributed by atoms with van der Waals surface area (Å²) < 4.78 is 0. The fourth-order valence-corrected chi connectivity index (χ4v) is 1.76. The monoisotopic (exact) mass is 204 g/mol. The highest BCUT2D eigenvalue weighted by Gasteiger charge is 2.23. The van der Waals surface area contributed by atoms with E-state index >= 15 is 0 Å². The van der Waals surface area contributed by atoms with Crippen LogP contribution in [-0.4, -0.2) is 11.1 Å². The van der Waals surface area contributed by atoms with Gasteiger partial charge in [0.05, 0.1) is 5.56 Å². The lowest BCUT2D eigenvalue weighted by Crippen LogP contribution is -2.18. The van der Waals surface area contributed by atoms with E-state index in [0.717, 1.165) is 11.1 Å². The van der Waals surface area contributed by atoms with Gasteiger partial charge in [0.15, 0.2) is 0 Å². The lowest BCUT2D eigenvalue weighted by Gasteiger charge is -2.23. The van der Waals surface area contributed by atoms with Gasteiger partial charge in [0.1, 0.15) is 0 Å². The summed E-state index contributed by atoms with van der Waals surface area (Å²) in [6.07, 6.45) is 1.70. The molecule has 0 aliphatic carbocycles. The number of carboxylic acids is 1. The van der Waals surface area contributed by atoms with Crippen LogP contribution in [0.3, 0.4) is 0 Å². The van der Waals surface area contributed by atoms with E-state index in [2.05, 4.69) is 6.58 Å². The average molecular weight is 204 g/mol. The summed E-state index contributed by atoms with van der Waals surface area (Å²) in [5.41, 5.74) is 1.90. The number of hydrogen-bond donors (Lipinski definition) is 1. The van der Waals surface area contributed by atoms with Crippen molar-refractivity contribution in [2.45, 2.75) is 26.2 Å². The van der Waals surface area contributed by atoms with E-state index in [1.807, 2.05) is 26.8 Å². The minimum absolute atomic E-state index is 0.196. The number of aromatic carboxylic acids is 1. The fourth-order valence-electron chi connectivity index (χ4n) is 1.76. The van der Waals surface area contributed by atoms with Crippen molar-refractivity contribution >= 4 is 12.0 Å². The Labute approximate surface area is 90.3 Å². The molecule has 0 saturated heterocycles. The Kier molecular flexibility index (Phi) is 2.98. The van der Waals surface area contributed by atoms with Crippen molar-refractivity contribution in [3.63, 3.8) is 0 Å². The van der Waals surface area contributed by atoms with Crippen LogP contribution in [0.1, 0.15) is 42.3 Å². The first kappa shape index (κ1) is 11.5. The molecule has 0 saturated carbocycles. The zero-order valence-corrected chi connectivity index (χ0v) is 9.37. The van der Waals surface area contributed by atoms with Crippen LogP contribution in [0.15, 0.2) is 24.8 Å². The smallest absolute Gasteiger partial charge is 0.336 e. The van der Waals surface area contributed by atoms with Crippen molar-refractivity contribution in [2.75, 3.05) is 0 Å². The van der Waals surface area contributed by atoms with Crippen molar-refractivity contribution in [2.24, 2.45) is 0 Å². The molecule has 0 spiro atoms. The third kappa shape index (κ3) is 2.27. The maximum Gasteiger partial charge on any atom is 0.336 e.